The van der Waals surface area contributed by atoms with Gasteiger partial charge in [0, 0.05) is 21.1 Å². The molecule has 1 unspecified atom stereocenters. The average Bonchev–Trinajstić information content (AvgIpc) is 2.82. The smallest absolute Gasteiger partial charge is 0.306 e. The lowest BCUT2D eigenvalue weighted by Crippen LogP contribution is -2.14. The quantitative estimate of drug-likeness (QED) is 0.829. The van der Waals surface area contributed by atoms with Crippen LogP contribution in [0.1, 0.15) is 13.3 Å². The number of carboxylic acid groups (broad SMARTS) is 1. The number of hydrogen-bond donors (Lipinski definition) is 1. The zero-order valence-corrected chi connectivity index (χ0v) is 13.8. The maximum atomic E-state index is 10.8. The zero-order chi connectivity index (χ0) is 14.7. The standard InChI is InChI=1S/C12H12Br2N4O2/c1-7(12(19)20)2-3-18-11(15-16-17-18)8-4-9(13)6-10(14)5-8/h4-7H,2-3H2,1H3,(H,19,20). The molecule has 106 valence electrons. The van der Waals surface area contributed by atoms with Gasteiger partial charge in [-0.1, -0.05) is 38.8 Å². The number of carbonyl (C=O) groups is 1. The summed E-state index contributed by atoms with van der Waals surface area (Å²) in [6, 6.07) is 5.74. The summed E-state index contributed by atoms with van der Waals surface area (Å²) in [6.07, 6.45) is 0.475. The Labute approximate surface area is 132 Å². The molecule has 1 N–H and O–H groups in total. The molecule has 1 aromatic carbocycles. The van der Waals surface area contributed by atoms with Crippen molar-refractivity contribution in [3.05, 3.63) is 27.1 Å². The summed E-state index contributed by atoms with van der Waals surface area (Å²) >= 11 is 6.84. The third-order valence-electron chi connectivity index (χ3n) is 2.85. The lowest BCUT2D eigenvalue weighted by atomic mass is 10.1. The molecule has 0 spiro atoms. The van der Waals surface area contributed by atoms with Crippen molar-refractivity contribution in [2.75, 3.05) is 0 Å². The van der Waals surface area contributed by atoms with E-state index in [0.717, 1.165) is 14.5 Å². The van der Waals surface area contributed by atoms with E-state index in [2.05, 4.69) is 47.4 Å². The number of halogens is 2. The maximum Gasteiger partial charge on any atom is 0.306 e. The highest BCUT2D eigenvalue weighted by Gasteiger charge is 2.14. The van der Waals surface area contributed by atoms with Gasteiger partial charge < -0.3 is 5.11 Å². The first-order valence-corrected chi connectivity index (χ1v) is 7.51. The SMILES string of the molecule is CC(CCn1nnnc1-c1cc(Br)cc(Br)c1)C(=O)O. The Morgan fingerprint density at radius 2 is 2.00 bits per heavy atom. The number of rotatable bonds is 5. The van der Waals surface area contributed by atoms with Gasteiger partial charge >= 0.3 is 5.97 Å². The molecule has 0 fully saturated rings. The molecule has 20 heavy (non-hydrogen) atoms. The van der Waals surface area contributed by atoms with Gasteiger partial charge in [0.05, 0.1) is 5.92 Å². The molecular weight excluding hydrogens is 392 g/mol. The highest BCUT2D eigenvalue weighted by atomic mass is 79.9. The molecular formula is C12H12Br2N4O2. The van der Waals surface area contributed by atoms with E-state index < -0.39 is 11.9 Å². The number of hydrogen-bond acceptors (Lipinski definition) is 4. The molecule has 0 aliphatic carbocycles. The second kappa shape index (κ2) is 6.45. The molecule has 6 nitrogen and oxygen atoms in total. The van der Waals surface area contributed by atoms with Crippen LogP contribution in [0.5, 0.6) is 0 Å². The maximum absolute atomic E-state index is 10.8. The number of carboxylic acids is 1. The summed E-state index contributed by atoms with van der Waals surface area (Å²) in [5.74, 6) is -0.629. The van der Waals surface area contributed by atoms with E-state index >= 15 is 0 Å². The lowest BCUT2D eigenvalue weighted by molar-refractivity contribution is -0.141. The molecule has 1 atom stereocenters. The molecule has 1 heterocycles. The van der Waals surface area contributed by atoms with Crippen molar-refractivity contribution < 1.29 is 9.90 Å². The number of aliphatic carboxylic acids is 1. The molecule has 0 radical (unpaired) electrons. The van der Waals surface area contributed by atoms with E-state index in [-0.39, 0.29) is 0 Å². The van der Waals surface area contributed by atoms with E-state index in [0.29, 0.717) is 18.8 Å². The summed E-state index contributed by atoms with van der Waals surface area (Å²) in [5.41, 5.74) is 0.860. The molecule has 0 aliphatic heterocycles. The van der Waals surface area contributed by atoms with Crippen molar-refractivity contribution in [3.63, 3.8) is 0 Å². The van der Waals surface area contributed by atoms with Gasteiger partial charge in [-0.15, -0.1) is 5.10 Å². The molecule has 0 saturated heterocycles. The van der Waals surface area contributed by atoms with Gasteiger partial charge in [-0.3, -0.25) is 4.79 Å². The number of tetrazole rings is 1. The van der Waals surface area contributed by atoms with Crippen LogP contribution in [0.25, 0.3) is 11.4 Å². The van der Waals surface area contributed by atoms with Crippen LogP contribution in [0.15, 0.2) is 27.1 Å². The molecule has 8 heteroatoms. The first-order valence-electron chi connectivity index (χ1n) is 5.93. The Bertz CT molecular complexity index is 609. The fourth-order valence-electron chi connectivity index (χ4n) is 1.68. The summed E-state index contributed by atoms with van der Waals surface area (Å²) in [5, 5.41) is 20.5. The molecule has 1 aromatic heterocycles. The zero-order valence-electron chi connectivity index (χ0n) is 10.6. The Kier molecular flexibility index (Phi) is 4.87. The number of benzene rings is 1. The van der Waals surface area contributed by atoms with Crippen LogP contribution in [0.4, 0.5) is 0 Å². The van der Waals surface area contributed by atoms with Crippen LogP contribution in [0.3, 0.4) is 0 Å². The Morgan fingerprint density at radius 1 is 1.35 bits per heavy atom. The van der Waals surface area contributed by atoms with Gasteiger partial charge in [0.1, 0.15) is 0 Å². The number of aryl methyl sites for hydroxylation is 1. The number of aromatic nitrogens is 4. The normalized spacial score (nSPS) is 12.3. The minimum absolute atomic E-state index is 0.429. The summed E-state index contributed by atoms with van der Waals surface area (Å²) in [7, 11) is 0. The fourth-order valence-corrected chi connectivity index (χ4v) is 2.98. The molecule has 0 amide bonds. The highest BCUT2D eigenvalue weighted by molar-refractivity contribution is 9.11. The second-order valence-corrected chi connectivity index (χ2v) is 6.24. The fraction of sp³-hybridized carbons (Fsp3) is 0.333. The van der Waals surface area contributed by atoms with Crippen molar-refractivity contribution in [2.24, 2.45) is 5.92 Å². The van der Waals surface area contributed by atoms with Crippen molar-refractivity contribution in [1.29, 1.82) is 0 Å². The summed E-state index contributed by atoms with van der Waals surface area (Å²) in [6.45, 7) is 2.13. The monoisotopic (exact) mass is 402 g/mol. The largest absolute Gasteiger partial charge is 0.481 e. The van der Waals surface area contributed by atoms with Crippen LogP contribution >= 0.6 is 31.9 Å². The van der Waals surface area contributed by atoms with Gasteiger partial charge in [-0.2, -0.15) is 0 Å². The van der Waals surface area contributed by atoms with Gasteiger partial charge in [0.2, 0.25) is 0 Å². The molecule has 2 aromatic rings. The third kappa shape index (κ3) is 3.63. The van der Waals surface area contributed by atoms with Gasteiger partial charge in [-0.05, 0) is 35.0 Å². The third-order valence-corrected chi connectivity index (χ3v) is 3.76. The molecule has 2 rings (SSSR count). The second-order valence-electron chi connectivity index (χ2n) is 4.41. The van der Waals surface area contributed by atoms with Crippen LogP contribution in [-0.4, -0.2) is 31.3 Å². The average molecular weight is 404 g/mol. The van der Waals surface area contributed by atoms with Crippen molar-refractivity contribution in [3.8, 4) is 11.4 Å². The first-order chi connectivity index (χ1) is 9.47. The number of nitrogens with zero attached hydrogens (tertiary/aromatic N) is 4. The first kappa shape index (κ1) is 15.1. The van der Waals surface area contributed by atoms with E-state index in [4.69, 9.17) is 5.11 Å². The minimum atomic E-state index is -0.815. The van der Waals surface area contributed by atoms with Crippen molar-refractivity contribution in [2.45, 2.75) is 19.9 Å². The lowest BCUT2D eigenvalue weighted by Gasteiger charge is -2.08. The molecule has 0 saturated carbocycles. The van der Waals surface area contributed by atoms with Crippen LogP contribution in [-0.2, 0) is 11.3 Å². The van der Waals surface area contributed by atoms with Crippen LogP contribution in [0.2, 0.25) is 0 Å². The molecule has 0 bridgehead atoms. The van der Waals surface area contributed by atoms with Crippen molar-refractivity contribution >= 4 is 37.8 Å². The highest BCUT2D eigenvalue weighted by Crippen LogP contribution is 2.26. The summed E-state index contributed by atoms with van der Waals surface area (Å²) in [4.78, 5) is 10.8. The van der Waals surface area contributed by atoms with E-state index in [1.54, 1.807) is 11.6 Å². The Morgan fingerprint density at radius 3 is 2.60 bits per heavy atom. The van der Waals surface area contributed by atoms with E-state index in [1.165, 1.54) is 0 Å². The van der Waals surface area contributed by atoms with Crippen molar-refractivity contribution in [1.82, 2.24) is 20.2 Å². The van der Waals surface area contributed by atoms with Gasteiger partial charge in [0.25, 0.3) is 0 Å². The Hall–Kier alpha value is -1.28. The van der Waals surface area contributed by atoms with Gasteiger partial charge in [0.15, 0.2) is 5.82 Å². The van der Waals surface area contributed by atoms with Gasteiger partial charge in [-0.25, -0.2) is 4.68 Å². The minimum Gasteiger partial charge on any atom is -0.481 e. The topological polar surface area (TPSA) is 80.9 Å². The van der Waals surface area contributed by atoms with Crippen LogP contribution < -0.4 is 0 Å². The predicted octanol–water partition coefficient (Wildman–Crippen LogP) is 2.98. The summed E-state index contributed by atoms with van der Waals surface area (Å²) < 4.78 is 3.44. The predicted molar refractivity (Wildman–Crippen MR) is 80.1 cm³/mol. The van der Waals surface area contributed by atoms with E-state index in [1.807, 2.05) is 18.2 Å². The Balaban J connectivity index is 2.22. The molecule has 0 aliphatic rings. The van der Waals surface area contributed by atoms with Crippen LogP contribution in [0, 0.1) is 5.92 Å². The van der Waals surface area contributed by atoms with E-state index in [9.17, 15) is 4.79 Å².